The number of hydrogen-bond donors (Lipinski definition) is 2. The van der Waals surface area contributed by atoms with Crippen molar-refractivity contribution in [3.63, 3.8) is 0 Å². The van der Waals surface area contributed by atoms with Crippen LogP contribution >= 0.6 is 11.6 Å². The highest BCUT2D eigenvalue weighted by molar-refractivity contribution is 6.30. The van der Waals surface area contributed by atoms with Crippen LogP contribution in [-0.4, -0.2) is 17.0 Å². The molecular formula is C20H22ClNO3. The number of halogens is 1. The van der Waals surface area contributed by atoms with Gasteiger partial charge in [0.25, 0.3) is 0 Å². The predicted molar refractivity (Wildman–Crippen MR) is 98.9 cm³/mol. The first-order chi connectivity index (χ1) is 11.9. The Bertz CT molecular complexity index is 741. The van der Waals surface area contributed by atoms with Crippen LogP contribution in [0.4, 0.5) is 0 Å². The van der Waals surface area contributed by atoms with E-state index in [1.54, 1.807) is 24.3 Å². The molecule has 1 unspecified atom stereocenters. The molecule has 1 amide bonds. The first kappa shape index (κ1) is 19.0. The number of aryl methyl sites for hydroxylation is 1. The number of carboxylic acids is 1. The van der Waals surface area contributed by atoms with E-state index < -0.39 is 5.97 Å². The Morgan fingerprint density at radius 1 is 1.08 bits per heavy atom. The second kappa shape index (κ2) is 8.67. The molecule has 0 saturated carbocycles. The van der Waals surface area contributed by atoms with Crippen molar-refractivity contribution in [2.45, 2.75) is 32.7 Å². The Balaban J connectivity index is 2.03. The Hall–Kier alpha value is -2.33. The van der Waals surface area contributed by atoms with E-state index in [4.69, 9.17) is 11.6 Å². The van der Waals surface area contributed by atoms with E-state index in [1.165, 1.54) is 0 Å². The maximum Gasteiger partial charge on any atom is 0.335 e. The Kier molecular flexibility index (Phi) is 6.59. The van der Waals surface area contributed by atoms with E-state index in [0.29, 0.717) is 17.0 Å². The number of carbonyl (C=O) groups is 2. The lowest BCUT2D eigenvalue weighted by molar-refractivity contribution is -0.122. The number of amides is 1. The molecule has 0 saturated heterocycles. The molecule has 0 fully saturated rings. The highest BCUT2D eigenvalue weighted by Crippen LogP contribution is 2.23. The summed E-state index contributed by atoms with van der Waals surface area (Å²) in [6, 6.07) is 14.1. The molecule has 5 heteroatoms. The molecule has 0 aliphatic rings. The van der Waals surface area contributed by atoms with Gasteiger partial charge in [-0.3, -0.25) is 4.79 Å². The molecule has 1 atom stereocenters. The molecule has 2 rings (SSSR count). The lowest BCUT2D eigenvalue weighted by atomic mass is 9.95. The number of hydrogen-bond acceptors (Lipinski definition) is 2. The average molecular weight is 360 g/mol. The molecule has 0 spiro atoms. The van der Waals surface area contributed by atoms with E-state index in [0.717, 1.165) is 5.56 Å². The van der Waals surface area contributed by atoms with Crippen molar-refractivity contribution in [1.82, 2.24) is 5.32 Å². The van der Waals surface area contributed by atoms with Crippen molar-refractivity contribution >= 4 is 23.5 Å². The smallest absolute Gasteiger partial charge is 0.335 e. The number of benzene rings is 2. The molecule has 25 heavy (non-hydrogen) atoms. The van der Waals surface area contributed by atoms with Crippen LogP contribution in [0.5, 0.6) is 0 Å². The zero-order valence-corrected chi connectivity index (χ0v) is 15.1. The van der Waals surface area contributed by atoms with Gasteiger partial charge in [0.1, 0.15) is 0 Å². The molecule has 0 aliphatic heterocycles. The quantitative estimate of drug-likeness (QED) is 0.765. The van der Waals surface area contributed by atoms with Gasteiger partial charge in [0.05, 0.1) is 11.6 Å². The van der Waals surface area contributed by atoms with Gasteiger partial charge >= 0.3 is 5.97 Å². The summed E-state index contributed by atoms with van der Waals surface area (Å²) in [4.78, 5) is 23.6. The predicted octanol–water partition coefficient (Wildman–Crippen LogP) is 4.48. The van der Waals surface area contributed by atoms with Crippen LogP contribution in [-0.2, 0) is 11.2 Å². The van der Waals surface area contributed by atoms with Crippen LogP contribution in [0.2, 0.25) is 5.02 Å². The van der Waals surface area contributed by atoms with Crippen molar-refractivity contribution in [1.29, 1.82) is 0 Å². The van der Waals surface area contributed by atoms with Gasteiger partial charge in [0.2, 0.25) is 5.91 Å². The van der Waals surface area contributed by atoms with E-state index in [9.17, 15) is 14.7 Å². The van der Waals surface area contributed by atoms with Crippen LogP contribution < -0.4 is 5.32 Å². The Morgan fingerprint density at radius 3 is 2.32 bits per heavy atom. The molecular weight excluding hydrogens is 338 g/mol. The zero-order valence-electron chi connectivity index (χ0n) is 14.3. The summed E-state index contributed by atoms with van der Waals surface area (Å²) in [5, 5.41) is 12.9. The lowest BCUT2D eigenvalue weighted by Crippen LogP contribution is -2.32. The summed E-state index contributed by atoms with van der Waals surface area (Å²) in [5.41, 5.74) is 1.91. The summed E-state index contributed by atoms with van der Waals surface area (Å²) >= 11 is 5.92. The largest absolute Gasteiger partial charge is 0.478 e. The lowest BCUT2D eigenvalue weighted by Gasteiger charge is -2.23. The monoisotopic (exact) mass is 359 g/mol. The van der Waals surface area contributed by atoms with Gasteiger partial charge < -0.3 is 10.4 Å². The maximum atomic E-state index is 12.4. The third-order valence-electron chi connectivity index (χ3n) is 4.08. The molecule has 4 nitrogen and oxygen atoms in total. The van der Waals surface area contributed by atoms with Crippen LogP contribution in [0.3, 0.4) is 0 Å². The van der Waals surface area contributed by atoms with Gasteiger partial charge in [-0.25, -0.2) is 4.79 Å². The summed E-state index contributed by atoms with van der Waals surface area (Å²) in [7, 11) is 0. The number of nitrogens with one attached hydrogen (secondary N) is 1. The van der Waals surface area contributed by atoms with Crippen molar-refractivity contribution < 1.29 is 14.7 Å². The highest BCUT2D eigenvalue weighted by Gasteiger charge is 2.19. The molecule has 132 valence electrons. The fourth-order valence-corrected chi connectivity index (χ4v) is 2.87. The second-order valence-corrected chi connectivity index (χ2v) is 6.74. The zero-order chi connectivity index (χ0) is 18.4. The minimum Gasteiger partial charge on any atom is -0.478 e. The van der Waals surface area contributed by atoms with E-state index in [-0.39, 0.29) is 29.9 Å². The van der Waals surface area contributed by atoms with Crippen molar-refractivity contribution in [2.75, 3.05) is 0 Å². The van der Waals surface area contributed by atoms with Gasteiger partial charge in [0, 0.05) is 11.4 Å². The maximum absolute atomic E-state index is 12.4. The molecule has 0 aromatic heterocycles. The fraction of sp³-hybridized carbons (Fsp3) is 0.300. The standard InChI is InChI=1S/C20H22ClNO3/c1-13(2)19(15-7-10-16(21)11-8-15)22-18(23)12-9-14-5-3-4-6-17(14)20(24)25/h3-8,10-11,13,19H,9,12H2,1-2H3,(H,22,23)(H,24,25). The summed E-state index contributed by atoms with van der Waals surface area (Å²) in [6.45, 7) is 4.08. The topological polar surface area (TPSA) is 66.4 Å². The minimum atomic E-state index is -0.975. The van der Waals surface area contributed by atoms with Gasteiger partial charge in [-0.05, 0) is 41.7 Å². The third-order valence-corrected chi connectivity index (χ3v) is 4.33. The molecule has 0 bridgehead atoms. The Morgan fingerprint density at radius 2 is 1.72 bits per heavy atom. The van der Waals surface area contributed by atoms with E-state index >= 15 is 0 Å². The van der Waals surface area contributed by atoms with E-state index in [1.807, 2.05) is 38.1 Å². The van der Waals surface area contributed by atoms with Gasteiger partial charge in [-0.2, -0.15) is 0 Å². The fourth-order valence-electron chi connectivity index (χ4n) is 2.75. The number of aromatic carboxylic acids is 1. The summed E-state index contributed by atoms with van der Waals surface area (Å²) in [5.74, 6) is -0.859. The van der Waals surface area contributed by atoms with Crippen molar-refractivity contribution in [2.24, 2.45) is 5.92 Å². The van der Waals surface area contributed by atoms with Crippen molar-refractivity contribution in [3.05, 3.63) is 70.2 Å². The molecule has 0 aliphatic carbocycles. The van der Waals surface area contributed by atoms with Crippen molar-refractivity contribution in [3.8, 4) is 0 Å². The number of rotatable bonds is 7. The number of carbonyl (C=O) groups excluding carboxylic acids is 1. The highest BCUT2D eigenvalue weighted by atomic mass is 35.5. The molecule has 0 radical (unpaired) electrons. The summed E-state index contributed by atoms with van der Waals surface area (Å²) in [6.07, 6.45) is 0.626. The normalized spacial score (nSPS) is 12.0. The molecule has 0 heterocycles. The third kappa shape index (κ3) is 5.33. The average Bonchev–Trinajstić information content (AvgIpc) is 2.58. The molecule has 2 aromatic carbocycles. The first-order valence-electron chi connectivity index (χ1n) is 8.24. The molecule has 2 aromatic rings. The van der Waals surface area contributed by atoms with Gasteiger partial charge in [0.15, 0.2) is 0 Å². The Labute approximate surface area is 152 Å². The van der Waals surface area contributed by atoms with Crippen LogP contribution in [0.25, 0.3) is 0 Å². The molecule has 2 N–H and O–H groups in total. The van der Waals surface area contributed by atoms with Crippen LogP contribution in [0.15, 0.2) is 48.5 Å². The minimum absolute atomic E-state index is 0.103. The first-order valence-corrected chi connectivity index (χ1v) is 8.62. The number of carboxylic acid groups (broad SMARTS) is 1. The SMILES string of the molecule is CC(C)C(NC(=O)CCc1ccccc1C(=O)O)c1ccc(Cl)cc1. The van der Waals surface area contributed by atoms with E-state index in [2.05, 4.69) is 5.32 Å². The van der Waals surface area contributed by atoms with Gasteiger partial charge in [-0.1, -0.05) is 55.8 Å². The summed E-state index contributed by atoms with van der Waals surface area (Å²) < 4.78 is 0. The van der Waals surface area contributed by atoms with Crippen LogP contribution in [0, 0.1) is 5.92 Å². The van der Waals surface area contributed by atoms with Gasteiger partial charge in [-0.15, -0.1) is 0 Å². The van der Waals surface area contributed by atoms with Crippen LogP contribution in [0.1, 0.15) is 47.8 Å². The second-order valence-electron chi connectivity index (χ2n) is 6.30.